The van der Waals surface area contributed by atoms with Gasteiger partial charge >= 0.3 is 0 Å². The molecule has 0 spiro atoms. The third-order valence-electron chi connectivity index (χ3n) is 0.190. The van der Waals surface area contributed by atoms with Crippen LogP contribution >= 0.6 is 63.7 Å². The number of halogens is 4. The van der Waals surface area contributed by atoms with Gasteiger partial charge in [-0.25, -0.2) is 0 Å². The quantitative estimate of drug-likeness (QED) is 0.607. The lowest BCUT2D eigenvalue weighted by atomic mass is 11.0. The van der Waals surface area contributed by atoms with E-state index < -0.39 is 0 Å². The topological polar surface area (TPSA) is 0 Å². The fraction of sp³-hybridized carbons (Fsp3) is 0.750. The van der Waals surface area contributed by atoms with E-state index in [1.165, 1.54) is 0 Å². The summed E-state index contributed by atoms with van der Waals surface area (Å²) < 4.78 is 0.620. The van der Waals surface area contributed by atoms with Crippen LogP contribution in [0.15, 0.2) is 0 Å². The van der Waals surface area contributed by atoms with E-state index in [0.29, 0.717) is 7.47 Å². The molecule has 51 valence electrons. The Morgan fingerprint density at radius 2 is 1.00 bits per heavy atom. The van der Waals surface area contributed by atoms with Crippen molar-refractivity contribution in [2.24, 2.45) is 0 Å². The maximum atomic E-state index is 3.26. The van der Waals surface area contributed by atoms with Gasteiger partial charge in [0.25, 0.3) is 0 Å². The number of hydrogen-bond acceptors (Lipinski definition) is 0. The van der Waals surface area contributed by atoms with Crippen LogP contribution in [-0.2, 0) is 0 Å². The summed E-state index contributed by atoms with van der Waals surface area (Å²) in [6.45, 7) is 5.00. The molecule has 0 atom stereocenters. The molecule has 0 N–H and O–H groups in total. The first-order chi connectivity index (χ1) is 3.64. The highest BCUT2D eigenvalue weighted by Gasteiger charge is 2.04. The Morgan fingerprint density at radius 3 is 1.00 bits per heavy atom. The molecule has 0 saturated carbocycles. The Hall–Kier alpha value is 1.92. The average molecular weight is 375 g/mol. The smallest absolute Gasteiger partial charge is 0.0743 e. The Balaban J connectivity index is 0. The maximum absolute atomic E-state index is 3.26. The highest BCUT2D eigenvalue weighted by Crippen LogP contribution is 2.24. The molecule has 0 aliphatic rings. The second-order valence-corrected chi connectivity index (χ2v) is 7.07. The molecule has 0 aromatic carbocycles. The minimum atomic E-state index is 0.310. The van der Waals surface area contributed by atoms with Crippen molar-refractivity contribution in [3.05, 3.63) is 6.92 Å². The molecule has 0 unspecified atom stereocenters. The highest BCUT2D eigenvalue weighted by atomic mass is 79.9. The van der Waals surface area contributed by atoms with Crippen molar-refractivity contribution in [2.75, 3.05) is 0 Å². The molecule has 0 aliphatic heterocycles. The molecule has 4 heteroatoms. The summed E-state index contributed by atoms with van der Waals surface area (Å²) >= 11 is 13.0. The van der Waals surface area contributed by atoms with Crippen molar-refractivity contribution in [1.82, 2.24) is 0 Å². The Bertz CT molecular complexity index is 29.0. The fourth-order valence-corrected chi connectivity index (χ4v) is 0. The van der Waals surface area contributed by atoms with Crippen molar-refractivity contribution < 1.29 is 0 Å². The van der Waals surface area contributed by atoms with E-state index in [-0.39, 0.29) is 0 Å². The first kappa shape index (κ1) is 12.6. The van der Waals surface area contributed by atoms with Gasteiger partial charge < -0.3 is 0 Å². The Kier molecular flexibility index (Phi) is 14.0. The molecular formula is C4H7Br4. The lowest BCUT2D eigenvalue weighted by molar-refractivity contribution is 1.46. The number of hydrogen-bond donors (Lipinski definition) is 0. The SMILES string of the molecule is BrC(Br)C(Br)Br.[CH2]C. The largest absolute Gasteiger partial charge is 0.0920 e. The van der Waals surface area contributed by atoms with Gasteiger partial charge in [0.1, 0.15) is 0 Å². The predicted molar refractivity (Wildman–Crippen MR) is 54.3 cm³/mol. The van der Waals surface area contributed by atoms with Crippen LogP contribution in [0.25, 0.3) is 0 Å². The Morgan fingerprint density at radius 1 is 0.875 bits per heavy atom. The first-order valence-electron chi connectivity index (χ1n) is 1.91. The molecule has 0 heterocycles. The van der Waals surface area contributed by atoms with Crippen LogP contribution < -0.4 is 0 Å². The fourth-order valence-electron chi connectivity index (χ4n) is 0. The molecule has 1 radical (unpaired) electrons. The Labute approximate surface area is 84.3 Å². The monoisotopic (exact) mass is 371 g/mol. The van der Waals surface area contributed by atoms with Gasteiger partial charge in [-0.2, -0.15) is 0 Å². The van der Waals surface area contributed by atoms with Crippen molar-refractivity contribution in [1.29, 1.82) is 0 Å². The van der Waals surface area contributed by atoms with Crippen molar-refractivity contribution in [3.63, 3.8) is 0 Å². The van der Waals surface area contributed by atoms with E-state index in [1.54, 1.807) is 6.92 Å². The molecule has 0 nitrogen and oxygen atoms in total. The van der Waals surface area contributed by atoms with E-state index in [4.69, 9.17) is 0 Å². The zero-order chi connectivity index (χ0) is 7.15. The van der Waals surface area contributed by atoms with E-state index in [1.807, 2.05) is 0 Å². The molecule has 0 rings (SSSR count). The van der Waals surface area contributed by atoms with Gasteiger partial charge in [-0.3, -0.25) is 0 Å². The van der Waals surface area contributed by atoms with Gasteiger partial charge in [0.15, 0.2) is 0 Å². The van der Waals surface area contributed by atoms with Gasteiger partial charge in [0, 0.05) is 0 Å². The lowest BCUT2D eigenvalue weighted by Crippen LogP contribution is -1.93. The summed E-state index contributed by atoms with van der Waals surface area (Å²) in [5.41, 5.74) is 0. The van der Waals surface area contributed by atoms with Gasteiger partial charge in [-0.1, -0.05) is 77.6 Å². The van der Waals surface area contributed by atoms with Gasteiger partial charge in [-0.05, 0) is 0 Å². The minimum Gasteiger partial charge on any atom is -0.0743 e. The zero-order valence-corrected chi connectivity index (χ0v) is 10.7. The van der Waals surface area contributed by atoms with Crippen LogP contribution in [0.5, 0.6) is 0 Å². The lowest BCUT2D eigenvalue weighted by Gasteiger charge is -1.96. The van der Waals surface area contributed by atoms with Crippen LogP contribution in [-0.4, -0.2) is 7.47 Å². The van der Waals surface area contributed by atoms with Crippen LogP contribution in [0.1, 0.15) is 6.92 Å². The third kappa shape index (κ3) is 10.8. The maximum Gasteiger partial charge on any atom is 0.0920 e. The zero-order valence-electron chi connectivity index (χ0n) is 4.37. The average Bonchev–Trinajstić information content (AvgIpc) is 1.72. The minimum absolute atomic E-state index is 0.310. The van der Waals surface area contributed by atoms with E-state index in [2.05, 4.69) is 70.6 Å². The normalized spacial score (nSPS) is 9.00. The van der Waals surface area contributed by atoms with Crippen LogP contribution in [0.4, 0.5) is 0 Å². The molecule has 0 fully saturated rings. The van der Waals surface area contributed by atoms with Crippen LogP contribution in [0, 0.1) is 6.92 Å². The van der Waals surface area contributed by atoms with Crippen molar-refractivity contribution in [2.45, 2.75) is 14.4 Å². The second-order valence-electron chi connectivity index (χ2n) is 0.669. The number of alkyl halides is 4. The van der Waals surface area contributed by atoms with Crippen molar-refractivity contribution >= 4 is 63.7 Å². The highest BCUT2D eigenvalue weighted by molar-refractivity contribution is 9.29. The summed E-state index contributed by atoms with van der Waals surface area (Å²) in [4.78, 5) is 0. The summed E-state index contributed by atoms with van der Waals surface area (Å²) in [6.07, 6.45) is 0. The second kappa shape index (κ2) is 8.92. The third-order valence-corrected chi connectivity index (χ3v) is 5.14. The van der Waals surface area contributed by atoms with Gasteiger partial charge in [0.05, 0.1) is 7.47 Å². The van der Waals surface area contributed by atoms with Gasteiger partial charge in [0.2, 0.25) is 0 Å². The van der Waals surface area contributed by atoms with Crippen molar-refractivity contribution in [3.8, 4) is 0 Å². The van der Waals surface area contributed by atoms with E-state index >= 15 is 0 Å². The van der Waals surface area contributed by atoms with Crippen LogP contribution in [0.3, 0.4) is 0 Å². The molecule has 0 saturated heterocycles. The molecule has 0 aromatic rings. The standard InChI is InChI=1S/C2H2Br4.C2H5/c3-1(4)2(5)6;1-2/h1-2H;1H2,2H3. The summed E-state index contributed by atoms with van der Waals surface area (Å²) in [7, 11) is 0. The van der Waals surface area contributed by atoms with E-state index in [0.717, 1.165) is 0 Å². The molecule has 0 bridgehead atoms. The molecule has 0 amide bonds. The number of rotatable bonds is 1. The molecule has 8 heavy (non-hydrogen) atoms. The van der Waals surface area contributed by atoms with Gasteiger partial charge in [-0.15, -0.1) is 0 Å². The van der Waals surface area contributed by atoms with Crippen LogP contribution in [0.2, 0.25) is 0 Å². The first-order valence-corrected chi connectivity index (χ1v) is 5.58. The molecule has 0 aliphatic carbocycles. The molecular weight excluding hydrogens is 368 g/mol. The van der Waals surface area contributed by atoms with E-state index in [9.17, 15) is 0 Å². The molecule has 0 aromatic heterocycles. The summed E-state index contributed by atoms with van der Waals surface area (Å²) in [5, 5.41) is 0. The predicted octanol–water partition coefficient (Wildman–Crippen LogP) is 4.06. The summed E-state index contributed by atoms with van der Waals surface area (Å²) in [6, 6.07) is 0. The summed E-state index contributed by atoms with van der Waals surface area (Å²) in [5.74, 6) is 0.